The SMILES string of the molecule is CC=CCCCCCCCCCC=O.CCC(C)O. The third kappa shape index (κ3) is 26.8. The zero-order chi connectivity index (χ0) is 14.8. The summed E-state index contributed by atoms with van der Waals surface area (Å²) >= 11 is 0. The number of allylic oxidation sites excluding steroid dienone is 2. The predicted molar refractivity (Wildman–Crippen MR) is 84.4 cm³/mol. The Morgan fingerprint density at radius 2 is 1.37 bits per heavy atom. The van der Waals surface area contributed by atoms with Crippen LogP contribution < -0.4 is 0 Å². The van der Waals surface area contributed by atoms with E-state index < -0.39 is 0 Å². The topological polar surface area (TPSA) is 37.3 Å². The molecule has 0 fully saturated rings. The highest BCUT2D eigenvalue weighted by molar-refractivity contribution is 5.48. The third-order valence-corrected chi connectivity index (χ3v) is 3.02. The molecule has 0 radical (unpaired) electrons. The van der Waals surface area contributed by atoms with Crippen LogP contribution in [0.1, 0.15) is 85.0 Å². The van der Waals surface area contributed by atoms with Gasteiger partial charge in [0.05, 0.1) is 6.10 Å². The van der Waals surface area contributed by atoms with Crippen molar-refractivity contribution < 1.29 is 9.90 Å². The fourth-order valence-electron chi connectivity index (χ4n) is 1.54. The number of rotatable bonds is 11. The van der Waals surface area contributed by atoms with Gasteiger partial charge in [-0.3, -0.25) is 0 Å². The summed E-state index contributed by atoms with van der Waals surface area (Å²) < 4.78 is 0. The molecular weight excluding hydrogens is 236 g/mol. The Labute approximate surface area is 120 Å². The molecule has 1 unspecified atom stereocenters. The number of carbonyl (C=O) groups is 1. The smallest absolute Gasteiger partial charge is 0.119 e. The van der Waals surface area contributed by atoms with Gasteiger partial charge in [0.2, 0.25) is 0 Å². The van der Waals surface area contributed by atoms with Crippen molar-refractivity contribution in [3.63, 3.8) is 0 Å². The Morgan fingerprint density at radius 3 is 1.74 bits per heavy atom. The number of aliphatic hydroxyl groups is 1. The Kier molecular flexibility index (Phi) is 21.4. The standard InChI is InChI=1S/C13H24O.C4H10O/c1-2-3-4-5-6-7-8-9-10-11-12-13-14;1-3-4(2)5/h2-3,13H,4-12H2,1H3;4-5H,3H2,1-2H3. The molecule has 0 amide bonds. The molecule has 0 heterocycles. The molecule has 0 aromatic heterocycles. The predicted octanol–water partition coefficient (Wildman–Crippen LogP) is 5.05. The van der Waals surface area contributed by atoms with E-state index in [2.05, 4.69) is 19.1 Å². The molecule has 0 bridgehead atoms. The molecule has 0 aliphatic heterocycles. The van der Waals surface area contributed by atoms with Crippen LogP contribution in [0, 0.1) is 0 Å². The fourth-order valence-corrected chi connectivity index (χ4v) is 1.54. The number of aliphatic hydroxyl groups excluding tert-OH is 1. The quantitative estimate of drug-likeness (QED) is 0.324. The van der Waals surface area contributed by atoms with Gasteiger partial charge >= 0.3 is 0 Å². The molecule has 0 aromatic rings. The molecule has 114 valence electrons. The van der Waals surface area contributed by atoms with Crippen LogP contribution in [-0.2, 0) is 4.79 Å². The lowest BCUT2D eigenvalue weighted by Crippen LogP contribution is -1.93. The maximum atomic E-state index is 10.0. The maximum Gasteiger partial charge on any atom is 0.119 e. The minimum absolute atomic E-state index is 0.116. The zero-order valence-corrected chi connectivity index (χ0v) is 13.2. The fraction of sp³-hybridized carbons (Fsp3) is 0.824. The van der Waals surface area contributed by atoms with Gasteiger partial charge in [-0.25, -0.2) is 0 Å². The van der Waals surface area contributed by atoms with E-state index in [1.54, 1.807) is 6.92 Å². The summed E-state index contributed by atoms with van der Waals surface area (Å²) in [6, 6.07) is 0. The first-order valence-corrected chi connectivity index (χ1v) is 7.91. The molecule has 0 aromatic carbocycles. The second kappa shape index (κ2) is 19.7. The number of carbonyl (C=O) groups excluding carboxylic acids is 1. The lowest BCUT2D eigenvalue weighted by molar-refractivity contribution is -0.107. The first kappa shape index (κ1) is 20.7. The van der Waals surface area contributed by atoms with Crippen molar-refractivity contribution in [2.24, 2.45) is 0 Å². The van der Waals surface area contributed by atoms with Gasteiger partial charge in [-0.1, -0.05) is 51.2 Å². The summed E-state index contributed by atoms with van der Waals surface area (Å²) in [5.41, 5.74) is 0. The maximum absolute atomic E-state index is 10.0. The van der Waals surface area contributed by atoms with Crippen LogP contribution in [0.4, 0.5) is 0 Å². The Hall–Kier alpha value is -0.630. The molecule has 2 nitrogen and oxygen atoms in total. The molecule has 2 heteroatoms. The van der Waals surface area contributed by atoms with Crippen molar-refractivity contribution in [1.82, 2.24) is 0 Å². The van der Waals surface area contributed by atoms with Crippen molar-refractivity contribution in [2.45, 2.75) is 91.1 Å². The summed E-state index contributed by atoms with van der Waals surface area (Å²) in [5, 5.41) is 8.36. The molecular formula is C17H34O2. The van der Waals surface area contributed by atoms with E-state index in [1.165, 1.54) is 44.9 Å². The van der Waals surface area contributed by atoms with E-state index in [0.717, 1.165) is 25.5 Å². The number of unbranched alkanes of at least 4 members (excludes halogenated alkanes) is 8. The van der Waals surface area contributed by atoms with E-state index in [4.69, 9.17) is 5.11 Å². The van der Waals surface area contributed by atoms with Crippen molar-refractivity contribution >= 4 is 6.29 Å². The van der Waals surface area contributed by atoms with Crippen molar-refractivity contribution in [1.29, 1.82) is 0 Å². The van der Waals surface area contributed by atoms with E-state index >= 15 is 0 Å². The summed E-state index contributed by atoms with van der Waals surface area (Å²) in [5.74, 6) is 0. The van der Waals surface area contributed by atoms with Crippen LogP contribution in [-0.4, -0.2) is 17.5 Å². The lowest BCUT2D eigenvalue weighted by Gasteiger charge is -1.99. The monoisotopic (exact) mass is 270 g/mol. The van der Waals surface area contributed by atoms with E-state index in [1.807, 2.05) is 6.92 Å². The average molecular weight is 270 g/mol. The van der Waals surface area contributed by atoms with Gasteiger partial charge in [-0.05, 0) is 39.5 Å². The molecule has 0 rings (SSSR count). The Bertz CT molecular complexity index is 186. The lowest BCUT2D eigenvalue weighted by atomic mass is 10.1. The first-order valence-electron chi connectivity index (χ1n) is 7.91. The van der Waals surface area contributed by atoms with Gasteiger partial charge in [0.1, 0.15) is 6.29 Å². The summed E-state index contributed by atoms with van der Waals surface area (Å²) in [4.78, 5) is 10.0. The number of aldehydes is 1. The van der Waals surface area contributed by atoms with E-state index in [0.29, 0.717) is 0 Å². The molecule has 1 N–H and O–H groups in total. The van der Waals surface area contributed by atoms with Gasteiger partial charge in [-0.15, -0.1) is 0 Å². The third-order valence-electron chi connectivity index (χ3n) is 3.02. The van der Waals surface area contributed by atoms with Gasteiger partial charge in [-0.2, -0.15) is 0 Å². The molecule has 0 saturated heterocycles. The van der Waals surface area contributed by atoms with E-state index in [9.17, 15) is 4.79 Å². The van der Waals surface area contributed by atoms with Gasteiger partial charge < -0.3 is 9.90 Å². The van der Waals surface area contributed by atoms with Crippen molar-refractivity contribution in [3.05, 3.63) is 12.2 Å². The largest absolute Gasteiger partial charge is 0.393 e. The van der Waals surface area contributed by atoms with Crippen LogP contribution in [0.2, 0.25) is 0 Å². The summed E-state index contributed by atoms with van der Waals surface area (Å²) in [7, 11) is 0. The molecule has 0 aliphatic rings. The average Bonchev–Trinajstić information content (AvgIpc) is 2.41. The van der Waals surface area contributed by atoms with E-state index in [-0.39, 0.29) is 6.10 Å². The minimum atomic E-state index is -0.116. The molecule has 0 saturated carbocycles. The molecule has 0 aliphatic carbocycles. The first-order chi connectivity index (χ1) is 9.18. The zero-order valence-electron chi connectivity index (χ0n) is 13.2. The molecule has 19 heavy (non-hydrogen) atoms. The highest BCUT2D eigenvalue weighted by atomic mass is 16.3. The van der Waals surface area contributed by atoms with Crippen LogP contribution in [0.5, 0.6) is 0 Å². The second-order valence-electron chi connectivity index (χ2n) is 5.05. The normalized spacial score (nSPS) is 12.0. The molecule has 0 spiro atoms. The van der Waals surface area contributed by atoms with Crippen molar-refractivity contribution in [2.75, 3.05) is 0 Å². The van der Waals surface area contributed by atoms with Crippen LogP contribution >= 0.6 is 0 Å². The highest BCUT2D eigenvalue weighted by Crippen LogP contribution is 2.09. The van der Waals surface area contributed by atoms with Gasteiger partial charge in [0, 0.05) is 6.42 Å². The molecule has 1 atom stereocenters. The van der Waals surface area contributed by atoms with Crippen LogP contribution in [0.3, 0.4) is 0 Å². The number of hydrogen-bond donors (Lipinski definition) is 1. The van der Waals surface area contributed by atoms with Gasteiger partial charge in [0.15, 0.2) is 0 Å². The second-order valence-corrected chi connectivity index (χ2v) is 5.05. The van der Waals surface area contributed by atoms with Crippen LogP contribution in [0.15, 0.2) is 12.2 Å². The Morgan fingerprint density at radius 1 is 0.947 bits per heavy atom. The van der Waals surface area contributed by atoms with Crippen molar-refractivity contribution in [3.8, 4) is 0 Å². The summed E-state index contributed by atoms with van der Waals surface area (Å²) in [6.07, 6.45) is 17.1. The summed E-state index contributed by atoms with van der Waals surface area (Å²) in [6.45, 7) is 5.80. The minimum Gasteiger partial charge on any atom is -0.393 e. The highest BCUT2D eigenvalue weighted by Gasteiger charge is 1.90. The number of hydrogen-bond acceptors (Lipinski definition) is 2. The Balaban J connectivity index is 0. The van der Waals surface area contributed by atoms with Gasteiger partial charge in [0.25, 0.3) is 0 Å². The van der Waals surface area contributed by atoms with Crippen LogP contribution in [0.25, 0.3) is 0 Å².